The van der Waals surface area contributed by atoms with Gasteiger partial charge in [0.2, 0.25) is 0 Å². The Balaban J connectivity index is 0.000000490. The van der Waals surface area contributed by atoms with Crippen molar-refractivity contribution < 1.29 is 9.59 Å². The molecule has 0 aromatic heterocycles. The maximum atomic E-state index is 10.0. The topological polar surface area (TPSA) is 46.2 Å². The van der Waals surface area contributed by atoms with Gasteiger partial charge in [-0.2, -0.15) is 0 Å². The summed E-state index contributed by atoms with van der Waals surface area (Å²) in [5.74, 6) is -0.657. The van der Waals surface area contributed by atoms with E-state index in [0.717, 1.165) is 0 Å². The summed E-state index contributed by atoms with van der Waals surface area (Å²) in [7, 11) is 0. The molecule has 0 spiro atoms. The number of hydrogen-bond donors (Lipinski definition) is 1. The molecule has 0 saturated carbocycles. The van der Waals surface area contributed by atoms with Crippen molar-refractivity contribution in [2.45, 2.75) is 0 Å². The Labute approximate surface area is 76.1 Å². The van der Waals surface area contributed by atoms with Crippen molar-refractivity contribution in [1.82, 2.24) is 5.32 Å². The standard InChI is InChI=1S/C4H3NO2.Ca/c6-3-1-2-4(7)5-3;/h1-2H,(H,5,6,7);. The molecule has 0 bridgehead atoms. The third-order valence-electron chi connectivity index (χ3n) is 0.632. The summed E-state index contributed by atoms with van der Waals surface area (Å²) in [5.41, 5.74) is 0. The number of hydrogen-bond acceptors (Lipinski definition) is 2. The van der Waals surface area contributed by atoms with E-state index in [2.05, 4.69) is 0 Å². The van der Waals surface area contributed by atoms with Crippen LogP contribution in [0.5, 0.6) is 0 Å². The smallest absolute Gasteiger partial charge is 0.250 e. The van der Waals surface area contributed by atoms with Gasteiger partial charge in [-0.15, -0.1) is 0 Å². The molecule has 1 N–H and O–H groups in total. The van der Waals surface area contributed by atoms with E-state index in [1.165, 1.54) is 12.2 Å². The van der Waals surface area contributed by atoms with Crippen molar-refractivity contribution in [1.29, 1.82) is 0 Å². The van der Waals surface area contributed by atoms with E-state index >= 15 is 0 Å². The van der Waals surface area contributed by atoms with Gasteiger partial charge in [0.05, 0.1) is 0 Å². The summed E-state index contributed by atoms with van der Waals surface area (Å²) in [6, 6.07) is 0. The molecule has 1 rings (SSSR count). The van der Waals surface area contributed by atoms with Gasteiger partial charge < -0.3 is 0 Å². The van der Waals surface area contributed by atoms with Gasteiger partial charge >= 0.3 is 0 Å². The van der Waals surface area contributed by atoms with Gasteiger partial charge in [0.1, 0.15) is 0 Å². The Morgan fingerprint density at radius 1 is 1.12 bits per heavy atom. The molecule has 2 amide bonds. The van der Waals surface area contributed by atoms with Crippen LogP contribution in [0.2, 0.25) is 0 Å². The third-order valence-corrected chi connectivity index (χ3v) is 0.632. The third kappa shape index (κ3) is 1.94. The van der Waals surface area contributed by atoms with Gasteiger partial charge in [-0.3, -0.25) is 14.9 Å². The van der Waals surface area contributed by atoms with E-state index in [4.69, 9.17) is 0 Å². The molecular weight excluding hydrogens is 134 g/mol. The van der Waals surface area contributed by atoms with Crippen molar-refractivity contribution >= 4 is 49.6 Å². The van der Waals surface area contributed by atoms with Gasteiger partial charge in [0.25, 0.3) is 11.8 Å². The molecule has 1 heterocycles. The van der Waals surface area contributed by atoms with Crippen molar-refractivity contribution in [3.63, 3.8) is 0 Å². The molecular formula is C4H3CaNO2. The van der Waals surface area contributed by atoms with Gasteiger partial charge in [-0.1, -0.05) is 0 Å². The molecule has 8 heavy (non-hydrogen) atoms. The monoisotopic (exact) mass is 137 g/mol. The van der Waals surface area contributed by atoms with Gasteiger partial charge in [0, 0.05) is 49.9 Å². The molecule has 0 aliphatic carbocycles. The first-order valence-electron chi connectivity index (χ1n) is 1.82. The zero-order valence-electron chi connectivity index (χ0n) is 4.18. The minimum absolute atomic E-state index is 0. The minimum Gasteiger partial charge on any atom is -0.289 e. The number of carbonyl (C=O) groups is 2. The van der Waals surface area contributed by atoms with Crippen LogP contribution in [-0.2, 0) is 9.59 Å². The van der Waals surface area contributed by atoms with Crippen LogP contribution in [-0.4, -0.2) is 49.6 Å². The van der Waals surface area contributed by atoms with Crippen LogP contribution in [0.1, 0.15) is 0 Å². The maximum absolute atomic E-state index is 10.0. The van der Waals surface area contributed by atoms with Gasteiger partial charge in [-0.05, 0) is 0 Å². The summed E-state index contributed by atoms with van der Waals surface area (Å²) in [4.78, 5) is 20.1. The SMILES string of the molecule is O=C1C=CC(=O)N1.[Ca]. The van der Waals surface area contributed by atoms with Gasteiger partial charge in [-0.25, -0.2) is 0 Å². The van der Waals surface area contributed by atoms with Crippen LogP contribution in [0, 0.1) is 0 Å². The van der Waals surface area contributed by atoms with Gasteiger partial charge in [0.15, 0.2) is 0 Å². The zero-order chi connectivity index (χ0) is 5.28. The van der Waals surface area contributed by atoms with Crippen LogP contribution in [0.3, 0.4) is 0 Å². The second kappa shape index (κ2) is 3.22. The predicted octanol–water partition coefficient (Wildman–Crippen LogP) is -1.18. The first-order chi connectivity index (χ1) is 3.29. The first kappa shape index (κ1) is 8.14. The summed E-state index contributed by atoms with van der Waals surface area (Å²) in [5, 5.41) is 2.03. The Bertz CT molecular complexity index is 136. The normalized spacial score (nSPS) is 15.5. The molecule has 0 atom stereocenters. The molecule has 0 unspecified atom stereocenters. The fraction of sp³-hybridized carbons (Fsp3) is 0. The second-order valence-electron chi connectivity index (χ2n) is 1.19. The number of rotatable bonds is 0. The molecule has 0 saturated heterocycles. The van der Waals surface area contributed by atoms with E-state index in [9.17, 15) is 9.59 Å². The Kier molecular flexibility index (Phi) is 3.28. The molecule has 0 aromatic rings. The molecule has 0 fully saturated rings. The Morgan fingerprint density at radius 3 is 1.62 bits per heavy atom. The minimum atomic E-state index is -0.329. The van der Waals surface area contributed by atoms with Crippen LogP contribution in [0.15, 0.2) is 12.2 Å². The molecule has 1 aliphatic rings. The van der Waals surface area contributed by atoms with Crippen LogP contribution in [0.25, 0.3) is 0 Å². The predicted molar refractivity (Wildman–Crippen MR) is 28.0 cm³/mol. The molecule has 2 radical (unpaired) electrons. The maximum Gasteiger partial charge on any atom is 0.250 e. The van der Waals surface area contributed by atoms with Crippen molar-refractivity contribution in [2.75, 3.05) is 0 Å². The van der Waals surface area contributed by atoms with Crippen molar-refractivity contribution in [3.05, 3.63) is 12.2 Å². The van der Waals surface area contributed by atoms with E-state index < -0.39 is 0 Å². The fourth-order valence-electron chi connectivity index (χ4n) is 0.356. The Morgan fingerprint density at radius 2 is 1.50 bits per heavy atom. The zero-order valence-corrected chi connectivity index (χ0v) is 6.39. The van der Waals surface area contributed by atoms with Crippen LogP contribution in [0.4, 0.5) is 0 Å². The van der Waals surface area contributed by atoms with Crippen molar-refractivity contribution in [3.8, 4) is 0 Å². The molecule has 38 valence electrons. The average Bonchev–Trinajstić information content (AvgIpc) is 1.87. The number of nitrogens with one attached hydrogen (secondary N) is 1. The molecule has 4 heteroatoms. The van der Waals surface area contributed by atoms with E-state index in [0.29, 0.717) is 0 Å². The molecule has 1 aliphatic heterocycles. The quantitative estimate of drug-likeness (QED) is 0.337. The fourth-order valence-corrected chi connectivity index (χ4v) is 0.356. The average molecular weight is 137 g/mol. The van der Waals surface area contributed by atoms with E-state index in [1.807, 2.05) is 5.32 Å². The number of carbonyl (C=O) groups excluding carboxylic acids is 2. The number of amides is 2. The molecule has 0 aromatic carbocycles. The summed E-state index contributed by atoms with van der Waals surface area (Å²) >= 11 is 0. The van der Waals surface area contributed by atoms with E-state index in [1.54, 1.807) is 0 Å². The van der Waals surface area contributed by atoms with Crippen molar-refractivity contribution in [2.24, 2.45) is 0 Å². The van der Waals surface area contributed by atoms with Crippen LogP contribution < -0.4 is 5.32 Å². The first-order valence-corrected chi connectivity index (χ1v) is 1.82. The Hall–Kier alpha value is 0.140. The van der Waals surface area contributed by atoms with E-state index in [-0.39, 0.29) is 49.6 Å². The molecule has 3 nitrogen and oxygen atoms in total. The summed E-state index contributed by atoms with van der Waals surface area (Å²) < 4.78 is 0. The summed E-state index contributed by atoms with van der Waals surface area (Å²) in [6.07, 6.45) is 2.39. The second-order valence-corrected chi connectivity index (χ2v) is 1.19. The largest absolute Gasteiger partial charge is 0.289 e. The number of imide groups is 1. The summed E-state index contributed by atoms with van der Waals surface area (Å²) in [6.45, 7) is 0. The van der Waals surface area contributed by atoms with Crippen LogP contribution >= 0.6 is 0 Å².